The van der Waals surface area contributed by atoms with Crippen LogP contribution in [0.5, 0.6) is 0 Å². The molecule has 1 saturated heterocycles. The van der Waals surface area contributed by atoms with Crippen molar-refractivity contribution in [2.75, 3.05) is 19.7 Å². The van der Waals surface area contributed by atoms with Gasteiger partial charge in [-0.05, 0) is 24.5 Å². The van der Waals surface area contributed by atoms with Crippen molar-refractivity contribution in [1.82, 2.24) is 10.6 Å². The fourth-order valence-corrected chi connectivity index (χ4v) is 2.38. The highest BCUT2D eigenvalue weighted by atomic mass is 16.5. The van der Waals surface area contributed by atoms with Crippen molar-refractivity contribution in [2.24, 2.45) is 0 Å². The molecule has 1 aliphatic heterocycles. The zero-order chi connectivity index (χ0) is 14.4. The van der Waals surface area contributed by atoms with E-state index in [9.17, 15) is 4.79 Å². The summed E-state index contributed by atoms with van der Waals surface area (Å²) < 4.78 is 5.54. The number of nitrogens with one attached hydrogen (secondary N) is 2. The highest BCUT2D eigenvalue weighted by Crippen LogP contribution is 2.14. The molecule has 2 rings (SSSR count). The van der Waals surface area contributed by atoms with Crippen molar-refractivity contribution in [2.45, 2.75) is 38.8 Å². The largest absolute Gasteiger partial charge is 0.375 e. The fraction of sp³-hybridized carbons (Fsp3) is 0.562. The minimum absolute atomic E-state index is 0.00147. The third-order valence-electron chi connectivity index (χ3n) is 3.68. The van der Waals surface area contributed by atoms with Crippen LogP contribution in [0.3, 0.4) is 0 Å². The van der Waals surface area contributed by atoms with Crippen molar-refractivity contribution in [3.8, 4) is 0 Å². The minimum atomic E-state index is -0.00147. The van der Waals surface area contributed by atoms with E-state index in [-0.39, 0.29) is 18.1 Å². The zero-order valence-corrected chi connectivity index (χ0v) is 12.3. The van der Waals surface area contributed by atoms with Gasteiger partial charge < -0.3 is 15.4 Å². The zero-order valence-electron chi connectivity index (χ0n) is 12.3. The molecule has 1 fully saturated rings. The van der Waals surface area contributed by atoms with Crippen LogP contribution < -0.4 is 10.6 Å². The number of hydrogen-bond donors (Lipinski definition) is 2. The monoisotopic (exact) mass is 276 g/mol. The lowest BCUT2D eigenvalue weighted by molar-refractivity contribution is -0.125. The summed E-state index contributed by atoms with van der Waals surface area (Å²) in [7, 11) is 0. The topological polar surface area (TPSA) is 50.4 Å². The third-order valence-corrected chi connectivity index (χ3v) is 3.68. The molecule has 4 heteroatoms. The maximum atomic E-state index is 12.0. The van der Waals surface area contributed by atoms with E-state index < -0.39 is 0 Å². The fourth-order valence-electron chi connectivity index (χ4n) is 2.38. The van der Waals surface area contributed by atoms with E-state index in [0.717, 1.165) is 25.1 Å². The molecule has 1 amide bonds. The van der Waals surface area contributed by atoms with Crippen LogP contribution in [0.25, 0.3) is 0 Å². The van der Waals surface area contributed by atoms with E-state index >= 15 is 0 Å². The lowest BCUT2D eigenvalue weighted by atomic mass is 10.0. The second-order valence-electron chi connectivity index (χ2n) is 5.29. The molecule has 1 aromatic rings. The van der Waals surface area contributed by atoms with Crippen molar-refractivity contribution in [3.05, 3.63) is 35.4 Å². The molecule has 1 aromatic carbocycles. The van der Waals surface area contributed by atoms with Crippen LogP contribution in [0, 0.1) is 0 Å². The Morgan fingerprint density at radius 2 is 2.20 bits per heavy atom. The molecule has 1 heterocycles. The van der Waals surface area contributed by atoms with Crippen molar-refractivity contribution < 1.29 is 9.53 Å². The summed E-state index contributed by atoms with van der Waals surface area (Å²) in [6.45, 7) is 6.47. The van der Waals surface area contributed by atoms with Gasteiger partial charge in [0.15, 0.2) is 0 Å². The summed E-state index contributed by atoms with van der Waals surface area (Å²) in [5, 5.41) is 6.27. The van der Waals surface area contributed by atoms with Crippen LogP contribution in [0.4, 0.5) is 0 Å². The summed E-state index contributed by atoms with van der Waals surface area (Å²) in [6, 6.07) is 8.44. The predicted molar refractivity (Wildman–Crippen MR) is 79.6 cm³/mol. The maximum absolute atomic E-state index is 12.0. The van der Waals surface area contributed by atoms with E-state index in [2.05, 4.69) is 41.8 Å². The van der Waals surface area contributed by atoms with Gasteiger partial charge in [-0.2, -0.15) is 0 Å². The molecule has 2 atom stereocenters. The van der Waals surface area contributed by atoms with E-state index in [0.29, 0.717) is 13.0 Å². The molecule has 0 bridgehead atoms. The van der Waals surface area contributed by atoms with Gasteiger partial charge in [-0.25, -0.2) is 0 Å². The van der Waals surface area contributed by atoms with Gasteiger partial charge in [0.1, 0.15) is 0 Å². The van der Waals surface area contributed by atoms with Gasteiger partial charge in [0, 0.05) is 13.1 Å². The minimum Gasteiger partial charge on any atom is -0.375 e. The molecule has 0 saturated carbocycles. The first-order chi connectivity index (χ1) is 9.69. The molecule has 0 spiro atoms. The number of aryl methyl sites for hydroxylation is 1. The number of benzene rings is 1. The van der Waals surface area contributed by atoms with Crippen LogP contribution in [0.15, 0.2) is 24.3 Å². The molecule has 0 aliphatic carbocycles. The lowest BCUT2D eigenvalue weighted by Gasteiger charge is -2.24. The Bertz CT molecular complexity index is 425. The molecule has 20 heavy (non-hydrogen) atoms. The summed E-state index contributed by atoms with van der Waals surface area (Å²) >= 11 is 0. The van der Waals surface area contributed by atoms with E-state index in [1.165, 1.54) is 5.56 Å². The number of hydrogen-bond acceptors (Lipinski definition) is 3. The van der Waals surface area contributed by atoms with Gasteiger partial charge in [0.05, 0.1) is 25.2 Å². The number of carbonyl (C=O) groups is 1. The van der Waals surface area contributed by atoms with Crippen molar-refractivity contribution in [1.29, 1.82) is 0 Å². The molecule has 0 aromatic heterocycles. The normalized spacial score (nSPS) is 20.4. The Balaban J connectivity index is 1.82. The number of carbonyl (C=O) groups excluding carboxylic acids is 1. The highest BCUT2D eigenvalue weighted by molar-refractivity contribution is 5.77. The van der Waals surface area contributed by atoms with Crippen LogP contribution in [-0.4, -0.2) is 31.7 Å². The summed E-state index contributed by atoms with van der Waals surface area (Å²) in [6.07, 6.45) is 1.45. The smallest absolute Gasteiger partial charge is 0.223 e. The predicted octanol–water partition coefficient (Wildman–Crippen LogP) is 1.80. The number of morpholine rings is 1. The van der Waals surface area contributed by atoms with Crippen molar-refractivity contribution in [3.63, 3.8) is 0 Å². The molecule has 2 unspecified atom stereocenters. The lowest BCUT2D eigenvalue weighted by Crippen LogP contribution is -2.41. The standard InChI is InChI=1S/C16H24N2O2/c1-3-13-4-6-14(7-5-13)12(2)18-16(19)10-15-11-17-8-9-20-15/h4-7,12,15,17H,3,8-11H2,1-2H3,(H,18,19). The number of rotatable bonds is 5. The first-order valence-electron chi connectivity index (χ1n) is 7.39. The first kappa shape index (κ1) is 15.0. The second kappa shape index (κ2) is 7.41. The first-order valence-corrected chi connectivity index (χ1v) is 7.39. The Morgan fingerprint density at radius 1 is 1.45 bits per heavy atom. The van der Waals surface area contributed by atoms with Gasteiger partial charge in [-0.15, -0.1) is 0 Å². The van der Waals surface area contributed by atoms with E-state index in [1.807, 2.05) is 6.92 Å². The number of ether oxygens (including phenoxy) is 1. The number of amides is 1. The van der Waals surface area contributed by atoms with Crippen LogP contribution in [-0.2, 0) is 16.0 Å². The van der Waals surface area contributed by atoms with Gasteiger partial charge in [0.25, 0.3) is 0 Å². The van der Waals surface area contributed by atoms with Gasteiger partial charge in [0.2, 0.25) is 5.91 Å². The third kappa shape index (κ3) is 4.32. The Hall–Kier alpha value is -1.39. The molecular weight excluding hydrogens is 252 g/mol. The van der Waals surface area contributed by atoms with Crippen LogP contribution in [0.2, 0.25) is 0 Å². The second-order valence-corrected chi connectivity index (χ2v) is 5.29. The quantitative estimate of drug-likeness (QED) is 0.862. The summed E-state index contributed by atoms with van der Waals surface area (Å²) in [5.74, 6) is 0.0470. The molecular formula is C16H24N2O2. The van der Waals surface area contributed by atoms with Gasteiger partial charge in [-0.3, -0.25) is 4.79 Å². The average molecular weight is 276 g/mol. The van der Waals surface area contributed by atoms with Crippen LogP contribution in [0.1, 0.15) is 37.4 Å². The average Bonchev–Trinajstić information content (AvgIpc) is 2.48. The summed E-state index contributed by atoms with van der Waals surface area (Å²) in [4.78, 5) is 12.0. The molecule has 4 nitrogen and oxygen atoms in total. The highest BCUT2D eigenvalue weighted by Gasteiger charge is 2.18. The Morgan fingerprint density at radius 3 is 2.80 bits per heavy atom. The maximum Gasteiger partial charge on any atom is 0.223 e. The van der Waals surface area contributed by atoms with Gasteiger partial charge >= 0.3 is 0 Å². The molecule has 0 radical (unpaired) electrons. The molecule has 110 valence electrons. The Labute approximate surface area is 120 Å². The van der Waals surface area contributed by atoms with E-state index in [4.69, 9.17) is 4.74 Å². The van der Waals surface area contributed by atoms with Crippen LogP contribution >= 0.6 is 0 Å². The molecule has 2 N–H and O–H groups in total. The van der Waals surface area contributed by atoms with Crippen molar-refractivity contribution >= 4 is 5.91 Å². The SMILES string of the molecule is CCc1ccc(C(C)NC(=O)CC2CNCCO2)cc1. The molecule has 1 aliphatic rings. The van der Waals surface area contributed by atoms with E-state index in [1.54, 1.807) is 0 Å². The summed E-state index contributed by atoms with van der Waals surface area (Å²) in [5.41, 5.74) is 2.45. The van der Waals surface area contributed by atoms with Gasteiger partial charge in [-0.1, -0.05) is 31.2 Å². The Kier molecular flexibility index (Phi) is 5.56.